The van der Waals surface area contributed by atoms with E-state index in [-0.39, 0.29) is 5.91 Å². The molecule has 0 bridgehead atoms. The van der Waals surface area contributed by atoms with Crippen LogP contribution in [0.1, 0.15) is 23.2 Å². The number of hydrogen-bond acceptors (Lipinski definition) is 2. The van der Waals surface area contributed by atoms with Crippen LogP contribution in [-0.2, 0) is 6.54 Å². The van der Waals surface area contributed by atoms with E-state index in [1.165, 1.54) is 6.42 Å². The number of aromatic nitrogens is 2. The molecule has 20 heavy (non-hydrogen) atoms. The van der Waals surface area contributed by atoms with Crippen molar-refractivity contribution in [2.45, 2.75) is 19.4 Å². The van der Waals surface area contributed by atoms with Crippen LogP contribution in [0.25, 0.3) is 0 Å². The zero-order valence-electron chi connectivity index (χ0n) is 11.5. The molecule has 0 aliphatic carbocycles. The molecular weight excluding hydrogens is 250 g/mol. The predicted octanol–water partition coefficient (Wildman–Crippen LogP) is 2.44. The summed E-state index contributed by atoms with van der Waals surface area (Å²) in [5.74, 6) is 0.673. The standard InChI is InChI=1S/C16H19N3O/c20-16(15-6-2-1-3-7-15)19-9-4-5-14(12-19)11-18-10-8-17-13-18/h1-3,6-8,10,13-14H,4-5,9,11-12H2. The van der Waals surface area contributed by atoms with Crippen LogP contribution in [0.3, 0.4) is 0 Å². The van der Waals surface area contributed by atoms with Gasteiger partial charge >= 0.3 is 0 Å². The molecule has 1 aromatic carbocycles. The maximum Gasteiger partial charge on any atom is 0.253 e. The summed E-state index contributed by atoms with van der Waals surface area (Å²) in [7, 11) is 0. The van der Waals surface area contributed by atoms with Crippen molar-refractivity contribution in [3.8, 4) is 0 Å². The van der Waals surface area contributed by atoms with Gasteiger partial charge in [0.2, 0.25) is 0 Å². The topological polar surface area (TPSA) is 38.1 Å². The number of carbonyl (C=O) groups excluding carboxylic acids is 1. The van der Waals surface area contributed by atoms with Gasteiger partial charge in [0.25, 0.3) is 5.91 Å². The van der Waals surface area contributed by atoms with E-state index in [1.54, 1.807) is 6.20 Å². The maximum atomic E-state index is 12.5. The highest BCUT2D eigenvalue weighted by Crippen LogP contribution is 2.20. The fraction of sp³-hybridized carbons (Fsp3) is 0.375. The number of carbonyl (C=O) groups is 1. The summed E-state index contributed by atoms with van der Waals surface area (Å²) in [5.41, 5.74) is 0.788. The molecule has 3 rings (SSSR count). The van der Waals surface area contributed by atoms with E-state index in [0.717, 1.165) is 31.6 Å². The molecule has 1 atom stereocenters. The summed E-state index contributed by atoms with van der Waals surface area (Å²) in [6.45, 7) is 2.65. The van der Waals surface area contributed by atoms with Crippen molar-refractivity contribution in [1.29, 1.82) is 0 Å². The lowest BCUT2D eigenvalue weighted by Crippen LogP contribution is -2.41. The Hall–Kier alpha value is -2.10. The Bertz CT molecular complexity index is 550. The number of amides is 1. The first-order valence-electron chi connectivity index (χ1n) is 7.13. The highest BCUT2D eigenvalue weighted by Gasteiger charge is 2.24. The average molecular weight is 269 g/mol. The molecule has 0 N–H and O–H groups in total. The van der Waals surface area contributed by atoms with E-state index in [9.17, 15) is 4.79 Å². The Kier molecular flexibility index (Phi) is 3.81. The van der Waals surface area contributed by atoms with Crippen molar-refractivity contribution >= 4 is 5.91 Å². The minimum absolute atomic E-state index is 0.154. The number of benzene rings is 1. The first-order chi connectivity index (χ1) is 9.83. The lowest BCUT2D eigenvalue weighted by atomic mass is 9.97. The predicted molar refractivity (Wildman–Crippen MR) is 77.3 cm³/mol. The van der Waals surface area contributed by atoms with Gasteiger partial charge in [-0.15, -0.1) is 0 Å². The number of imidazole rings is 1. The first kappa shape index (κ1) is 12.9. The fourth-order valence-electron chi connectivity index (χ4n) is 2.85. The summed E-state index contributed by atoms with van der Waals surface area (Å²) in [5, 5.41) is 0. The van der Waals surface area contributed by atoms with E-state index in [1.807, 2.05) is 47.8 Å². The lowest BCUT2D eigenvalue weighted by Gasteiger charge is -2.33. The Labute approximate surface area is 119 Å². The second kappa shape index (κ2) is 5.90. The number of rotatable bonds is 3. The van der Waals surface area contributed by atoms with Crippen molar-refractivity contribution in [3.63, 3.8) is 0 Å². The number of hydrogen-bond donors (Lipinski definition) is 0. The lowest BCUT2D eigenvalue weighted by molar-refractivity contribution is 0.0662. The molecule has 1 aromatic heterocycles. The minimum atomic E-state index is 0.154. The van der Waals surface area contributed by atoms with Crippen LogP contribution in [-0.4, -0.2) is 33.4 Å². The van der Waals surface area contributed by atoms with Crippen LogP contribution >= 0.6 is 0 Å². The molecule has 1 fully saturated rings. The molecule has 1 aliphatic rings. The van der Waals surface area contributed by atoms with Gasteiger partial charge in [-0.05, 0) is 30.9 Å². The summed E-state index contributed by atoms with van der Waals surface area (Å²) >= 11 is 0. The van der Waals surface area contributed by atoms with Gasteiger partial charge in [0.1, 0.15) is 0 Å². The Morgan fingerprint density at radius 2 is 2.15 bits per heavy atom. The summed E-state index contributed by atoms with van der Waals surface area (Å²) in [4.78, 5) is 18.5. The zero-order chi connectivity index (χ0) is 13.8. The Morgan fingerprint density at radius 1 is 1.30 bits per heavy atom. The smallest absolute Gasteiger partial charge is 0.253 e. The molecule has 1 saturated heterocycles. The number of piperidine rings is 1. The molecule has 2 aromatic rings. The van der Waals surface area contributed by atoms with Gasteiger partial charge < -0.3 is 9.47 Å². The molecule has 1 aliphatic heterocycles. The maximum absolute atomic E-state index is 12.5. The van der Waals surface area contributed by atoms with Crippen LogP contribution in [0, 0.1) is 5.92 Å². The van der Waals surface area contributed by atoms with Crippen LogP contribution in [0.2, 0.25) is 0 Å². The van der Waals surface area contributed by atoms with Gasteiger partial charge in [-0.25, -0.2) is 4.98 Å². The summed E-state index contributed by atoms with van der Waals surface area (Å²) in [6.07, 6.45) is 7.89. The first-order valence-corrected chi connectivity index (χ1v) is 7.13. The minimum Gasteiger partial charge on any atom is -0.338 e. The summed E-state index contributed by atoms with van der Waals surface area (Å²) in [6, 6.07) is 9.55. The van der Waals surface area contributed by atoms with Gasteiger partial charge in [-0.1, -0.05) is 18.2 Å². The van der Waals surface area contributed by atoms with Crippen molar-refractivity contribution in [1.82, 2.24) is 14.5 Å². The Balaban J connectivity index is 1.64. The van der Waals surface area contributed by atoms with Gasteiger partial charge in [0, 0.05) is 37.6 Å². The van der Waals surface area contributed by atoms with Crippen molar-refractivity contribution < 1.29 is 4.79 Å². The van der Waals surface area contributed by atoms with E-state index in [4.69, 9.17) is 0 Å². The summed E-state index contributed by atoms with van der Waals surface area (Å²) < 4.78 is 2.10. The third-order valence-electron chi connectivity index (χ3n) is 3.86. The van der Waals surface area contributed by atoms with E-state index in [2.05, 4.69) is 9.55 Å². The molecule has 1 unspecified atom stereocenters. The van der Waals surface area contributed by atoms with Crippen molar-refractivity contribution in [3.05, 3.63) is 54.6 Å². The molecule has 0 spiro atoms. The van der Waals surface area contributed by atoms with E-state index in [0.29, 0.717) is 5.92 Å². The van der Waals surface area contributed by atoms with Gasteiger partial charge in [0.15, 0.2) is 0 Å². The third-order valence-corrected chi connectivity index (χ3v) is 3.86. The number of nitrogens with zero attached hydrogens (tertiary/aromatic N) is 3. The van der Waals surface area contributed by atoms with Gasteiger partial charge in [-0.2, -0.15) is 0 Å². The van der Waals surface area contributed by atoms with Crippen molar-refractivity contribution in [2.24, 2.45) is 5.92 Å². The van der Waals surface area contributed by atoms with Crippen LogP contribution in [0.15, 0.2) is 49.1 Å². The largest absolute Gasteiger partial charge is 0.338 e. The molecule has 4 nitrogen and oxygen atoms in total. The van der Waals surface area contributed by atoms with Gasteiger partial charge in [-0.3, -0.25) is 4.79 Å². The molecule has 1 amide bonds. The van der Waals surface area contributed by atoms with Crippen LogP contribution in [0.5, 0.6) is 0 Å². The molecular formula is C16H19N3O. The highest BCUT2D eigenvalue weighted by molar-refractivity contribution is 5.94. The van der Waals surface area contributed by atoms with Crippen molar-refractivity contribution in [2.75, 3.05) is 13.1 Å². The van der Waals surface area contributed by atoms with Gasteiger partial charge in [0.05, 0.1) is 6.33 Å². The fourth-order valence-corrected chi connectivity index (χ4v) is 2.85. The van der Waals surface area contributed by atoms with Crippen LogP contribution in [0.4, 0.5) is 0 Å². The second-order valence-electron chi connectivity index (χ2n) is 5.38. The van der Waals surface area contributed by atoms with E-state index >= 15 is 0 Å². The zero-order valence-corrected chi connectivity index (χ0v) is 11.5. The highest BCUT2D eigenvalue weighted by atomic mass is 16.2. The normalized spacial score (nSPS) is 19.0. The average Bonchev–Trinajstić information content (AvgIpc) is 3.01. The second-order valence-corrected chi connectivity index (χ2v) is 5.38. The molecule has 104 valence electrons. The third kappa shape index (κ3) is 2.90. The monoisotopic (exact) mass is 269 g/mol. The molecule has 0 radical (unpaired) electrons. The van der Waals surface area contributed by atoms with Crippen LogP contribution < -0.4 is 0 Å². The molecule has 2 heterocycles. The Morgan fingerprint density at radius 3 is 2.90 bits per heavy atom. The SMILES string of the molecule is O=C(c1ccccc1)N1CCCC(Cn2ccnc2)C1. The molecule has 0 saturated carbocycles. The van der Waals surface area contributed by atoms with E-state index < -0.39 is 0 Å². The number of likely N-dealkylation sites (tertiary alicyclic amines) is 1. The molecule has 4 heteroatoms. The quantitative estimate of drug-likeness (QED) is 0.858.